The van der Waals surface area contributed by atoms with Gasteiger partial charge in [0.15, 0.2) is 0 Å². The summed E-state index contributed by atoms with van der Waals surface area (Å²) in [5.74, 6) is 0.611. The van der Waals surface area contributed by atoms with Crippen molar-refractivity contribution >= 4 is 0 Å². The molecule has 0 heterocycles. The zero-order chi connectivity index (χ0) is 11.5. The summed E-state index contributed by atoms with van der Waals surface area (Å²) >= 11 is 0. The maximum atomic E-state index is 3.50. The van der Waals surface area contributed by atoms with Crippen molar-refractivity contribution in [1.29, 1.82) is 0 Å². The number of rotatable bonds is 3. The molecule has 1 aromatic carbocycles. The summed E-state index contributed by atoms with van der Waals surface area (Å²) < 4.78 is 0. The molecule has 0 radical (unpaired) electrons. The largest absolute Gasteiger partial charge is 0.308 e. The Hall–Kier alpha value is -0.820. The molecule has 1 aromatic rings. The Bertz CT molecular complexity index is 307. The topological polar surface area (TPSA) is 12.0 Å². The molecular weight excluding hydrogens is 182 g/mol. The Morgan fingerprint density at radius 1 is 1.20 bits per heavy atom. The maximum absolute atomic E-state index is 3.50. The van der Waals surface area contributed by atoms with E-state index >= 15 is 0 Å². The lowest BCUT2D eigenvalue weighted by atomic mass is 10.0. The Morgan fingerprint density at radius 3 is 2.40 bits per heavy atom. The van der Waals surface area contributed by atoms with Crippen molar-refractivity contribution in [1.82, 2.24) is 5.32 Å². The van der Waals surface area contributed by atoms with Gasteiger partial charge < -0.3 is 5.32 Å². The average Bonchev–Trinajstić information content (AvgIpc) is 2.14. The highest BCUT2D eigenvalue weighted by Gasteiger charge is 2.08. The first-order chi connectivity index (χ1) is 6.88. The number of nitrogens with one attached hydrogen (secondary N) is 1. The monoisotopic (exact) mass is 205 g/mol. The molecule has 0 aliphatic carbocycles. The smallest absolute Gasteiger partial charge is 0.0210 e. The zero-order valence-corrected chi connectivity index (χ0v) is 10.6. The van der Waals surface area contributed by atoms with Crippen LogP contribution in [0.25, 0.3) is 0 Å². The van der Waals surface area contributed by atoms with Gasteiger partial charge in [0, 0.05) is 12.1 Å². The van der Waals surface area contributed by atoms with Gasteiger partial charge in [-0.25, -0.2) is 0 Å². The van der Waals surface area contributed by atoms with Crippen LogP contribution >= 0.6 is 0 Å². The molecule has 1 nitrogen and oxygen atoms in total. The third kappa shape index (κ3) is 4.48. The normalized spacial score (nSPS) is 12.1. The van der Waals surface area contributed by atoms with Crippen LogP contribution < -0.4 is 5.32 Å². The van der Waals surface area contributed by atoms with Crippen LogP contribution in [-0.2, 0) is 6.54 Å². The van der Waals surface area contributed by atoms with Crippen molar-refractivity contribution in [2.75, 3.05) is 0 Å². The van der Waals surface area contributed by atoms with Crippen LogP contribution in [0, 0.1) is 0 Å². The van der Waals surface area contributed by atoms with E-state index in [4.69, 9.17) is 0 Å². The Labute approximate surface area is 93.9 Å². The van der Waals surface area contributed by atoms with Crippen LogP contribution in [0.3, 0.4) is 0 Å². The van der Waals surface area contributed by atoms with Gasteiger partial charge in [-0.3, -0.25) is 0 Å². The number of benzene rings is 1. The summed E-state index contributed by atoms with van der Waals surface area (Å²) in [6, 6.07) is 8.83. The van der Waals surface area contributed by atoms with Gasteiger partial charge >= 0.3 is 0 Å². The lowest BCUT2D eigenvalue weighted by Crippen LogP contribution is -2.35. The van der Waals surface area contributed by atoms with E-state index in [2.05, 4.69) is 64.2 Å². The molecule has 0 amide bonds. The van der Waals surface area contributed by atoms with Crippen LogP contribution in [0.15, 0.2) is 24.3 Å². The van der Waals surface area contributed by atoms with Crippen molar-refractivity contribution in [3.63, 3.8) is 0 Å². The fourth-order valence-electron chi connectivity index (χ4n) is 1.43. The average molecular weight is 205 g/mol. The van der Waals surface area contributed by atoms with Crippen LogP contribution in [-0.4, -0.2) is 5.54 Å². The van der Waals surface area contributed by atoms with Crippen LogP contribution in [0.5, 0.6) is 0 Å². The molecule has 0 atom stereocenters. The minimum absolute atomic E-state index is 0.188. The highest BCUT2D eigenvalue weighted by atomic mass is 14.9. The molecule has 0 unspecified atom stereocenters. The molecule has 0 fully saturated rings. The van der Waals surface area contributed by atoms with Gasteiger partial charge in [-0.1, -0.05) is 38.1 Å². The van der Waals surface area contributed by atoms with E-state index in [1.54, 1.807) is 0 Å². The highest BCUT2D eigenvalue weighted by Crippen LogP contribution is 2.15. The van der Waals surface area contributed by atoms with Gasteiger partial charge in [0.25, 0.3) is 0 Å². The molecule has 0 aromatic heterocycles. The molecule has 1 heteroatoms. The molecule has 0 spiro atoms. The van der Waals surface area contributed by atoms with Crippen molar-refractivity contribution in [2.45, 2.75) is 52.6 Å². The van der Waals surface area contributed by atoms with Gasteiger partial charge in [-0.15, -0.1) is 0 Å². The van der Waals surface area contributed by atoms with E-state index in [-0.39, 0.29) is 5.54 Å². The number of hydrogen-bond acceptors (Lipinski definition) is 1. The highest BCUT2D eigenvalue weighted by molar-refractivity contribution is 5.25. The Morgan fingerprint density at radius 2 is 1.87 bits per heavy atom. The minimum Gasteiger partial charge on any atom is -0.308 e. The van der Waals surface area contributed by atoms with Gasteiger partial charge in [0.2, 0.25) is 0 Å². The SMILES string of the molecule is CC(C)c1cccc(CNC(C)(C)C)c1. The molecule has 15 heavy (non-hydrogen) atoms. The quantitative estimate of drug-likeness (QED) is 0.793. The second-order valence-corrected chi connectivity index (χ2v) is 5.50. The standard InChI is InChI=1S/C14H23N/c1-11(2)13-8-6-7-12(9-13)10-15-14(3,4)5/h6-9,11,15H,10H2,1-5H3. The third-order valence-electron chi connectivity index (χ3n) is 2.44. The lowest BCUT2D eigenvalue weighted by molar-refractivity contribution is 0.424. The summed E-state index contributed by atoms with van der Waals surface area (Å²) in [5, 5.41) is 3.50. The van der Waals surface area contributed by atoms with E-state index in [1.165, 1.54) is 11.1 Å². The predicted molar refractivity (Wildman–Crippen MR) is 67.1 cm³/mol. The summed E-state index contributed by atoms with van der Waals surface area (Å²) in [4.78, 5) is 0. The van der Waals surface area contributed by atoms with E-state index < -0.39 is 0 Å². The van der Waals surface area contributed by atoms with Gasteiger partial charge in [0.1, 0.15) is 0 Å². The zero-order valence-electron chi connectivity index (χ0n) is 10.6. The van der Waals surface area contributed by atoms with E-state index in [0.717, 1.165) is 6.54 Å². The fraction of sp³-hybridized carbons (Fsp3) is 0.571. The van der Waals surface area contributed by atoms with Crippen LogP contribution in [0.1, 0.15) is 51.7 Å². The number of hydrogen-bond donors (Lipinski definition) is 1. The van der Waals surface area contributed by atoms with Crippen molar-refractivity contribution in [3.05, 3.63) is 35.4 Å². The van der Waals surface area contributed by atoms with E-state index in [9.17, 15) is 0 Å². The van der Waals surface area contributed by atoms with Crippen molar-refractivity contribution < 1.29 is 0 Å². The minimum atomic E-state index is 0.188. The molecule has 1 rings (SSSR count). The Kier molecular flexibility index (Phi) is 3.92. The second kappa shape index (κ2) is 4.80. The third-order valence-corrected chi connectivity index (χ3v) is 2.44. The molecule has 0 saturated heterocycles. The second-order valence-electron chi connectivity index (χ2n) is 5.50. The summed E-state index contributed by atoms with van der Waals surface area (Å²) in [7, 11) is 0. The van der Waals surface area contributed by atoms with Gasteiger partial charge in [-0.05, 0) is 37.8 Å². The summed E-state index contributed by atoms with van der Waals surface area (Å²) in [6.07, 6.45) is 0. The molecule has 0 saturated carbocycles. The molecule has 0 bridgehead atoms. The first-order valence-corrected chi connectivity index (χ1v) is 5.72. The molecule has 84 valence electrons. The molecule has 0 aliphatic heterocycles. The molecule has 0 aliphatic rings. The van der Waals surface area contributed by atoms with E-state index in [0.29, 0.717) is 5.92 Å². The lowest BCUT2D eigenvalue weighted by Gasteiger charge is -2.21. The fourth-order valence-corrected chi connectivity index (χ4v) is 1.43. The Balaban J connectivity index is 2.66. The van der Waals surface area contributed by atoms with Gasteiger partial charge in [0.05, 0.1) is 0 Å². The maximum Gasteiger partial charge on any atom is 0.0210 e. The summed E-state index contributed by atoms with van der Waals surface area (Å²) in [6.45, 7) is 12.0. The van der Waals surface area contributed by atoms with Crippen LogP contribution in [0.2, 0.25) is 0 Å². The first kappa shape index (κ1) is 12.3. The molecule has 1 N–H and O–H groups in total. The predicted octanol–water partition coefficient (Wildman–Crippen LogP) is 3.70. The van der Waals surface area contributed by atoms with Crippen molar-refractivity contribution in [3.8, 4) is 0 Å². The van der Waals surface area contributed by atoms with Crippen molar-refractivity contribution in [2.24, 2.45) is 0 Å². The summed E-state index contributed by atoms with van der Waals surface area (Å²) in [5.41, 5.74) is 2.98. The molecular formula is C14H23N. The first-order valence-electron chi connectivity index (χ1n) is 5.72. The van der Waals surface area contributed by atoms with E-state index in [1.807, 2.05) is 0 Å². The van der Waals surface area contributed by atoms with Gasteiger partial charge in [-0.2, -0.15) is 0 Å². The van der Waals surface area contributed by atoms with Crippen LogP contribution in [0.4, 0.5) is 0 Å².